The number of aryl methyl sites for hydroxylation is 1. The van der Waals surface area contributed by atoms with E-state index < -0.39 is 26.7 Å². The number of imidazole rings is 1. The molecule has 0 aliphatic heterocycles. The van der Waals surface area contributed by atoms with E-state index >= 15 is 0 Å². The van der Waals surface area contributed by atoms with Gasteiger partial charge in [0.05, 0.1) is 16.5 Å². The van der Waals surface area contributed by atoms with Crippen molar-refractivity contribution in [3.8, 4) is 0 Å². The summed E-state index contributed by atoms with van der Waals surface area (Å²) in [4.78, 5) is 17.0. The molecule has 1 unspecified atom stereocenters. The molecule has 164 valence electrons. The van der Waals surface area contributed by atoms with Crippen LogP contribution in [0.25, 0.3) is 0 Å². The highest BCUT2D eigenvalue weighted by atomic mass is 35.7. The molecule has 0 bridgehead atoms. The topological polar surface area (TPSA) is 78.3 Å². The normalized spacial score (nSPS) is 13.1. The van der Waals surface area contributed by atoms with Crippen LogP contribution in [0.3, 0.4) is 0 Å². The molecule has 0 spiro atoms. The molecule has 6 nitrogen and oxygen atoms in total. The third kappa shape index (κ3) is 5.35. The third-order valence-electron chi connectivity index (χ3n) is 4.93. The molecule has 0 saturated carbocycles. The van der Waals surface area contributed by atoms with E-state index in [1.54, 1.807) is 39.1 Å². The molecule has 0 N–H and O–H groups in total. The summed E-state index contributed by atoms with van der Waals surface area (Å²) in [5.41, 5.74) is 3.75. The fourth-order valence-electron chi connectivity index (χ4n) is 3.34. The van der Waals surface area contributed by atoms with Gasteiger partial charge in [-0.1, -0.05) is 30.3 Å². The van der Waals surface area contributed by atoms with Gasteiger partial charge in [0.1, 0.15) is 11.9 Å². The third-order valence-corrected chi connectivity index (χ3v) is 6.28. The number of hydrogen-bond acceptors (Lipinski definition) is 5. The number of nitrogens with zero attached hydrogens (tertiary/aromatic N) is 2. The second-order valence-corrected chi connectivity index (χ2v) is 11.0. The van der Waals surface area contributed by atoms with Crippen molar-refractivity contribution in [2.24, 2.45) is 0 Å². The molecule has 0 aliphatic rings. The predicted molar refractivity (Wildman–Crippen MR) is 120 cm³/mol. The molecule has 0 saturated heterocycles. The Morgan fingerprint density at radius 1 is 1.13 bits per heavy atom. The lowest BCUT2D eigenvalue weighted by Crippen LogP contribution is -2.26. The number of ether oxygens (including phenoxy) is 1. The first-order valence-corrected chi connectivity index (χ1v) is 12.1. The molecule has 1 heterocycles. The van der Waals surface area contributed by atoms with Gasteiger partial charge in [-0.15, -0.1) is 0 Å². The van der Waals surface area contributed by atoms with E-state index in [-0.39, 0.29) is 4.90 Å². The van der Waals surface area contributed by atoms with Gasteiger partial charge in [0.2, 0.25) is 0 Å². The fourth-order valence-corrected chi connectivity index (χ4v) is 4.15. The first-order chi connectivity index (χ1) is 14.4. The zero-order valence-electron chi connectivity index (χ0n) is 18.1. The largest absolute Gasteiger partial charge is 0.443 e. The Kier molecular flexibility index (Phi) is 6.30. The highest BCUT2D eigenvalue weighted by Gasteiger charge is 2.25. The summed E-state index contributed by atoms with van der Waals surface area (Å²) in [6.45, 7) is 9.39. The van der Waals surface area contributed by atoms with Crippen LogP contribution in [0.5, 0.6) is 0 Å². The summed E-state index contributed by atoms with van der Waals surface area (Å²) in [6, 6.07) is 12.4. The average Bonchev–Trinajstić information content (AvgIpc) is 3.14. The van der Waals surface area contributed by atoms with Crippen LogP contribution < -0.4 is 0 Å². The summed E-state index contributed by atoms with van der Waals surface area (Å²) >= 11 is 0. The number of rotatable bonds is 4. The number of carbonyl (C=O) groups is 1. The van der Waals surface area contributed by atoms with Crippen molar-refractivity contribution in [1.29, 1.82) is 0 Å². The van der Waals surface area contributed by atoms with Crippen molar-refractivity contribution >= 4 is 25.8 Å². The quantitative estimate of drug-likeness (QED) is 0.487. The van der Waals surface area contributed by atoms with Crippen LogP contribution in [0.4, 0.5) is 4.79 Å². The summed E-state index contributed by atoms with van der Waals surface area (Å²) in [7, 11) is 1.68. The Bertz CT molecular complexity index is 1230. The predicted octanol–water partition coefficient (Wildman–Crippen LogP) is 5.39. The summed E-state index contributed by atoms with van der Waals surface area (Å²) in [5.74, 6) is -0.401. The molecular weight excluding hydrogens is 436 g/mol. The molecule has 1 aromatic heterocycles. The van der Waals surface area contributed by atoms with E-state index in [0.29, 0.717) is 11.3 Å². The van der Waals surface area contributed by atoms with Gasteiger partial charge in [-0.2, -0.15) is 0 Å². The van der Waals surface area contributed by atoms with Gasteiger partial charge in [-0.05, 0) is 69.0 Å². The van der Waals surface area contributed by atoms with Gasteiger partial charge in [-0.3, -0.25) is 0 Å². The fraction of sp³-hybridized carbons (Fsp3) is 0.304. The molecule has 3 rings (SSSR count). The first-order valence-electron chi connectivity index (χ1n) is 9.75. The SMILES string of the molecule is Cc1cccc(C(c2cccc(S(=O)(=O)Cl)c2)c2cn(C(=O)OC(C)(C)C)cn2)c1C. The van der Waals surface area contributed by atoms with Gasteiger partial charge in [0.25, 0.3) is 9.05 Å². The van der Waals surface area contributed by atoms with E-state index in [1.165, 1.54) is 17.0 Å². The molecule has 2 aromatic carbocycles. The van der Waals surface area contributed by atoms with Crippen molar-refractivity contribution < 1.29 is 17.9 Å². The van der Waals surface area contributed by atoms with Gasteiger partial charge in [0, 0.05) is 16.9 Å². The Hall–Kier alpha value is -2.64. The minimum absolute atomic E-state index is 0.00791. The van der Waals surface area contributed by atoms with Gasteiger partial charge in [0.15, 0.2) is 0 Å². The van der Waals surface area contributed by atoms with Crippen LogP contribution in [0.15, 0.2) is 59.9 Å². The van der Waals surface area contributed by atoms with E-state index in [2.05, 4.69) is 4.98 Å². The molecular formula is C23H25ClN2O4S. The highest BCUT2D eigenvalue weighted by molar-refractivity contribution is 8.13. The zero-order valence-corrected chi connectivity index (χ0v) is 19.7. The van der Waals surface area contributed by atoms with Gasteiger partial charge in [-0.25, -0.2) is 22.8 Å². The number of carbonyl (C=O) groups excluding carboxylic acids is 1. The van der Waals surface area contributed by atoms with Gasteiger partial charge >= 0.3 is 6.09 Å². The Labute approximate surface area is 187 Å². The lowest BCUT2D eigenvalue weighted by atomic mass is 9.85. The van der Waals surface area contributed by atoms with E-state index in [0.717, 1.165) is 16.7 Å². The molecule has 1 atom stereocenters. The maximum atomic E-state index is 12.5. The van der Waals surface area contributed by atoms with Crippen LogP contribution in [-0.4, -0.2) is 29.7 Å². The Balaban J connectivity index is 2.15. The van der Waals surface area contributed by atoms with Gasteiger partial charge < -0.3 is 4.74 Å². The van der Waals surface area contributed by atoms with Crippen LogP contribution in [0.1, 0.15) is 54.6 Å². The van der Waals surface area contributed by atoms with E-state index in [9.17, 15) is 13.2 Å². The van der Waals surface area contributed by atoms with Crippen molar-refractivity contribution in [2.75, 3.05) is 0 Å². The minimum atomic E-state index is -3.90. The van der Waals surface area contributed by atoms with Crippen LogP contribution >= 0.6 is 10.7 Å². The number of halogens is 1. The molecule has 31 heavy (non-hydrogen) atoms. The summed E-state index contributed by atoms with van der Waals surface area (Å²) in [6.07, 6.45) is 2.48. The Morgan fingerprint density at radius 3 is 2.45 bits per heavy atom. The zero-order chi connectivity index (χ0) is 23.0. The molecule has 0 amide bonds. The standard InChI is InChI=1S/C23H25ClN2O4S/c1-15-8-6-11-19(16(15)2)21(17-9-7-10-18(12-17)31(24,28)29)20-13-26(14-25-20)22(27)30-23(3,4)5/h6-14,21H,1-5H3. The average molecular weight is 461 g/mol. The van der Waals surface area contributed by atoms with Crippen molar-refractivity contribution in [3.63, 3.8) is 0 Å². The first kappa shape index (κ1) is 23.0. The Morgan fingerprint density at radius 2 is 1.81 bits per heavy atom. The summed E-state index contributed by atoms with van der Waals surface area (Å²) < 4.78 is 30.5. The monoisotopic (exact) mass is 460 g/mol. The second kappa shape index (κ2) is 8.48. The van der Waals surface area contributed by atoms with Crippen LogP contribution in [-0.2, 0) is 13.8 Å². The molecule has 0 radical (unpaired) electrons. The molecule has 8 heteroatoms. The molecule has 0 aliphatic carbocycles. The molecule has 3 aromatic rings. The maximum Gasteiger partial charge on any atom is 0.419 e. The number of hydrogen-bond donors (Lipinski definition) is 0. The number of benzene rings is 2. The van der Waals surface area contributed by atoms with E-state index in [4.69, 9.17) is 15.4 Å². The second-order valence-electron chi connectivity index (χ2n) is 8.42. The lowest BCUT2D eigenvalue weighted by Gasteiger charge is -2.20. The smallest absolute Gasteiger partial charge is 0.419 e. The lowest BCUT2D eigenvalue weighted by molar-refractivity contribution is 0.0536. The molecule has 0 fully saturated rings. The van der Waals surface area contributed by atoms with Crippen molar-refractivity contribution in [3.05, 3.63) is 82.9 Å². The summed E-state index contributed by atoms with van der Waals surface area (Å²) in [5, 5.41) is 0. The van der Waals surface area contributed by atoms with Crippen molar-refractivity contribution in [2.45, 2.75) is 51.0 Å². The van der Waals surface area contributed by atoms with Crippen LogP contribution in [0, 0.1) is 13.8 Å². The van der Waals surface area contributed by atoms with Crippen LogP contribution in [0.2, 0.25) is 0 Å². The maximum absolute atomic E-state index is 12.5. The highest BCUT2D eigenvalue weighted by Crippen LogP contribution is 2.35. The minimum Gasteiger partial charge on any atom is -0.443 e. The number of aromatic nitrogens is 2. The van der Waals surface area contributed by atoms with E-state index in [1.807, 2.05) is 38.1 Å². The van der Waals surface area contributed by atoms with Crippen molar-refractivity contribution in [1.82, 2.24) is 9.55 Å².